The van der Waals surface area contributed by atoms with Crippen molar-refractivity contribution in [3.8, 4) is 0 Å². The number of piperidine rings is 1. The van der Waals surface area contributed by atoms with E-state index in [0.29, 0.717) is 25.6 Å². The average molecular weight is 302 g/mol. The van der Waals surface area contributed by atoms with E-state index in [2.05, 4.69) is 5.32 Å². The third kappa shape index (κ3) is 4.01. The largest absolute Gasteiger partial charge is 0.468 e. The van der Waals surface area contributed by atoms with Gasteiger partial charge in [-0.25, -0.2) is 0 Å². The van der Waals surface area contributed by atoms with Crippen LogP contribution < -0.4 is 5.32 Å². The first kappa shape index (κ1) is 14.9. The molecule has 1 aromatic rings. The molecule has 2 aliphatic rings. The van der Waals surface area contributed by atoms with Gasteiger partial charge in [-0.2, -0.15) is 13.2 Å². The van der Waals surface area contributed by atoms with Crippen molar-refractivity contribution in [1.82, 2.24) is 10.2 Å². The standard InChI is InChI=1S/C15H21F3N2O/c16-15(17,18)12-2-1-6-20(10-12)9-11-5-7-21-14(11)8-19-13-3-4-13/h5,7,12-13,19H,1-4,6,8-10H2. The molecule has 1 atom stereocenters. The van der Waals surface area contributed by atoms with Gasteiger partial charge < -0.3 is 9.73 Å². The van der Waals surface area contributed by atoms with Crippen LogP contribution in [0, 0.1) is 5.92 Å². The summed E-state index contributed by atoms with van der Waals surface area (Å²) in [6, 6.07) is 2.47. The Balaban J connectivity index is 1.56. The Hall–Kier alpha value is -1.01. The molecule has 0 spiro atoms. The van der Waals surface area contributed by atoms with Crippen molar-refractivity contribution in [3.05, 3.63) is 23.7 Å². The van der Waals surface area contributed by atoms with Gasteiger partial charge in [0.05, 0.1) is 18.7 Å². The molecule has 2 fully saturated rings. The predicted molar refractivity (Wildman–Crippen MR) is 72.6 cm³/mol. The molecule has 0 amide bonds. The number of hydrogen-bond donors (Lipinski definition) is 1. The van der Waals surface area contributed by atoms with Crippen LogP contribution in [0.2, 0.25) is 0 Å². The normalized spacial score (nSPS) is 24.4. The second-order valence-electron chi connectivity index (χ2n) is 6.14. The quantitative estimate of drug-likeness (QED) is 0.904. The molecule has 1 saturated carbocycles. The maximum Gasteiger partial charge on any atom is 0.393 e. The maximum absolute atomic E-state index is 12.8. The monoisotopic (exact) mass is 302 g/mol. The van der Waals surface area contributed by atoms with Crippen LogP contribution in [0.1, 0.15) is 37.0 Å². The molecule has 1 aromatic heterocycles. The summed E-state index contributed by atoms with van der Waals surface area (Å²) in [7, 11) is 0. The number of alkyl halides is 3. The van der Waals surface area contributed by atoms with Gasteiger partial charge in [-0.15, -0.1) is 0 Å². The third-order valence-corrected chi connectivity index (χ3v) is 4.33. The molecule has 1 aliphatic carbocycles. The molecule has 118 valence electrons. The van der Waals surface area contributed by atoms with Crippen molar-refractivity contribution in [2.24, 2.45) is 5.92 Å². The average Bonchev–Trinajstić information content (AvgIpc) is 3.17. The van der Waals surface area contributed by atoms with E-state index in [0.717, 1.165) is 17.9 Å². The van der Waals surface area contributed by atoms with E-state index in [9.17, 15) is 13.2 Å². The van der Waals surface area contributed by atoms with E-state index >= 15 is 0 Å². The molecular weight excluding hydrogens is 281 g/mol. The molecule has 1 unspecified atom stereocenters. The van der Waals surface area contributed by atoms with E-state index < -0.39 is 12.1 Å². The molecular formula is C15H21F3N2O. The van der Waals surface area contributed by atoms with Crippen LogP contribution >= 0.6 is 0 Å². The first-order chi connectivity index (χ1) is 10.0. The minimum atomic E-state index is -4.08. The van der Waals surface area contributed by atoms with Gasteiger partial charge in [0.15, 0.2) is 0 Å². The molecule has 21 heavy (non-hydrogen) atoms. The molecule has 1 saturated heterocycles. The minimum absolute atomic E-state index is 0.101. The van der Waals surface area contributed by atoms with Gasteiger partial charge in [-0.3, -0.25) is 4.90 Å². The highest BCUT2D eigenvalue weighted by molar-refractivity contribution is 5.17. The van der Waals surface area contributed by atoms with Crippen LogP contribution in [-0.4, -0.2) is 30.2 Å². The summed E-state index contributed by atoms with van der Waals surface area (Å²) < 4.78 is 44.0. The summed E-state index contributed by atoms with van der Waals surface area (Å²) in [5.74, 6) is -0.331. The minimum Gasteiger partial charge on any atom is -0.468 e. The number of rotatable bonds is 5. The molecule has 6 heteroatoms. The van der Waals surface area contributed by atoms with E-state index in [1.165, 1.54) is 12.8 Å². The predicted octanol–water partition coefficient (Wildman–Crippen LogP) is 3.31. The lowest BCUT2D eigenvalue weighted by Crippen LogP contribution is -2.41. The summed E-state index contributed by atoms with van der Waals surface area (Å²) in [6.45, 7) is 2.05. The Morgan fingerprint density at radius 2 is 2.10 bits per heavy atom. The first-order valence-corrected chi connectivity index (χ1v) is 7.60. The molecule has 3 rings (SSSR count). The molecule has 0 radical (unpaired) electrons. The van der Waals surface area contributed by atoms with Gasteiger partial charge in [0.2, 0.25) is 0 Å². The number of halogens is 3. The Labute approximate surface area is 122 Å². The molecule has 2 heterocycles. The van der Waals surface area contributed by atoms with Gasteiger partial charge in [0.1, 0.15) is 5.76 Å². The summed E-state index contributed by atoms with van der Waals surface area (Å²) in [5, 5.41) is 3.38. The number of nitrogens with zero attached hydrogens (tertiary/aromatic N) is 1. The van der Waals surface area contributed by atoms with Crippen LogP contribution in [0.15, 0.2) is 16.7 Å². The summed E-state index contributed by atoms with van der Waals surface area (Å²) in [6.07, 6.45) is 0.819. The fraction of sp³-hybridized carbons (Fsp3) is 0.733. The molecule has 1 aliphatic heterocycles. The third-order valence-electron chi connectivity index (χ3n) is 4.33. The maximum atomic E-state index is 12.8. The number of likely N-dealkylation sites (tertiary alicyclic amines) is 1. The van der Waals surface area contributed by atoms with Crippen molar-refractivity contribution >= 4 is 0 Å². The topological polar surface area (TPSA) is 28.4 Å². The molecule has 0 bridgehead atoms. The van der Waals surface area contributed by atoms with Gasteiger partial charge in [0, 0.05) is 24.7 Å². The second kappa shape index (κ2) is 6.01. The Morgan fingerprint density at radius 3 is 2.81 bits per heavy atom. The van der Waals surface area contributed by atoms with E-state index in [1.807, 2.05) is 11.0 Å². The zero-order valence-corrected chi connectivity index (χ0v) is 12.0. The molecule has 0 aromatic carbocycles. The van der Waals surface area contributed by atoms with Crippen LogP contribution in [0.4, 0.5) is 13.2 Å². The van der Waals surface area contributed by atoms with Crippen LogP contribution in [0.25, 0.3) is 0 Å². The van der Waals surface area contributed by atoms with E-state index in [1.54, 1.807) is 6.26 Å². The van der Waals surface area contributed by atoms with Crippen LogP contribution in [0.5, 0.6) is 0 Å². The van der Waals surface area contributed by atoms with Gasteiger partial charge in [-0.1, -0.05) is 0 Å². The Morgan fingerprint density at radius 1 is 1.29 bits per heavy atom. The Kier molecular flexibility index (Phi) is 4.26. The summed E-state index contributed by atoms with van der Waals surface area (Å²) in [5.41, 5.74) is 1.01. The summed E-state index contributed by atoms with van der Waals surface area (Å²) in [4.78, 5) is 1.90. The number of hydrogen-bond acceptors (Lipinski definition) is 3. The number of nitrogens with one attached hydrogen (secondary N) is 1. The lowest BCUT2D eigenvalue weighted by molar-refractivity contribution is -0.187. The summed E-state index contributed by atoms with van der Waals surface area (Å²) >= 11 is 0. The highest BCUT2D eigenvalue weighted by atomic mass is 19.4. The Bertz CT molecular complexity index is 468. The van der Waals surface area contributed by atoms with Crippen molar-refractivity contribution in [3.63, 3.8) is 0 Å². The first-order valence-electron chi connectivity index (χ1n) is 7.60. The van der Waals surface area contributed by atoms with Gasteiger partial charge in [0.25, 0.3) is 0 Å². The van der Waals surface area contributed by atoms with Crippen molar-refractivity contribution in [2.45, 2.75) is 51.0 Å². The zero-order valence-electron chi connectivity index (χ0n) is 12.0. The zero-order chi connectivity index (χ0) is 14.9. The van der Waals surface area contributed by atoms with E-state index in [4.69, 9.17) is 4.42 Å². The fourth-order valence-corrected chi connectivity index (χ4v) is 2.89. The highest BCUT2D eigenvalue weighted by Crippen LogP contribution is 2.33. The van der Waals surface area contributed by atoms with Crippen LogP contribution in [0.3, 0.4) is 0 Å². The lowest BCUT2D eigenvalue weighted by atomic mass is 9.97. The van der Waals surface area contributed by atoms with Crippen molar-refractivity contribution in [2.75, 3.05) is 13.1 Å². The smallest absolute Gasteiger partial charge is 0.393 e. The fourth-order valence-electron chi connectivity index (χ4n) is 2.89. The van der Waals surface area contributed by atoms with Crippen molar-refractivity contribution < 1.29 is 17.6 Å². The van der Waals surface area contributed by atoms with Crippen LogP contribution in [-0.2, 0) is 13.1 Å². The van der Waals surface area contributed by atoms with Gasteiger partial charge in [-0.05, 0) is 38.3 Å². The molecule has 1 N–H and O–H groups in total. The van der Waals surface area contributed by atoms with E-state index in [-0.39, 0.29) is 13.0 Å². The molecule has 3 nitrogen and oxygen atoms in total. The van der Waals surface area contributed by atoms with Crippen molar-refractivity contribution in [1.29, 1.82) is 0 Å². The second-order valence-corrected chi connectivity index (χ2v) is 6.14. The SMILES string of the molecule is FC(F)(F)C1CCCN(Cc2ccoc2CNC2CC2)C1. The number of furan rings is 1. The highest BCUT2D eigenvalue weighted by Gasteiger charge is 2.41. The van der Waals surface area contributed by atoms with Gasteiger partial charge >= 0.3 is 6.18 Å². The lowest BCUT2D eigenvalue weighted by Gasteiger charge is -2.33.